The van der Waals surface area contributed by atoms with Crippen LogP contribution < -0.4 is 4.90 Å². The molecule has 4 heterocycles. The zero-order chi connectivity index (χ0) is 16.4. The average molecular weight is 339 g/mol. The highest BCUT2D eigenvalue weighted by Gasteiger charge is 2.21. The van der Waals surface area contributed by atoms with Crippen LogP contribution in [0, 0.1) is 0 Å². The molecule has 0 spiro atoms. The minimum Gasteiger partial charge on any atom is -0.346 e. The summed E-state index contributed by atoms with van der Waals surface area (Å²) in [5, 5.41) is 1.01. The molecule has 1 aliphatic heterocycles. The van der Waals surface area contributed by atoms with Gasteiger partial charge in [0.15, 0.2) is 5.13 Å². The van der Waals surface area contributed by atoms with Crippen molar-refractivity contribution in [1.82, 2.24) is 19.9 Å². The molecule has 6 nitrogen and oxygen atoms in total. The van der Waals surface area contributed by atoms with Gasteiger partial charge in [-0.15, -0.1) is 0 Å². The van der Waals surface area contributed by atoms with Crippen molar-refractivity contribution in [2.75, 3.05) is 31.1 Å². The molecular formula is C17H17N5OS. The first-order valence-corrected chi connectivity index (χ1v) is 8.78. The van der Waals surface area contributed by atoms with Crippen molar-refractivity contribution < 1.29 is 4.79 Å². The standard InChI is InChI=1S/C17H17N5OS/c23-16(13-2-5-18-6-3-13)21-8-1-9-22(11-10-21)17-20-14-12-19-7-4-15(14)24-17/h2-7,12H,1,8-11H2. The summed E-state index contributed by atoms with van der Waals surface area (Å²) in [6.07, 6.45) is 7.85. The Morgan fingerprint density at radius 3 is 2.67 bits per heavy atom. The van der Waals surface area contributed by atoms with E-state index in [-0.39, 0.29) is 5.91 Å². The van der Waals surface area contributed by atoms with Gasteiger partial charge >= 0.3 is 0 Å². The van der Waals surface area contributed by atoms with Crippen LogP contribution in [0.3, 0.4) is 0 Å². The Labute approximate surface area is 143 Å². The summed E-state index contributed by atoms with van der Waals surface area (Å²) in [5.41, 5.74) is 1.64. The summed E-state index contributed by atoms with van der Waals surface area (Å²) in [6.45, 7) is 3.18. The Balaban J connectivity index is 1.49. The van der Waals surface area contributed by atoms with E-state index in [2.05, 4.69) is 19.9 Å². The van der Waals surface area contributed by atoms with Crippen molar-refractivity contribution >= 4 is 32.6 Å². The predicted octanol–water partition coefficient (Wildman–Crippen LogP) is 2.44. The number of carbonyl (C=O) groups excluding carboxylic acids is 1. The average Bonchev–Trinajstić information content (AvgIpc) is 2.91. The van der Waals surface area contributed by atoms with Crippen molar-refractivity contribution in [2.45, 2.75) is 6.42 Å². The highest BCUT2D eigenvalue weighted by Crippen LogP contribution is 2.28. The molecule has 0 atom stereocenters. The van der Waals surface area contributed by atoms with Gasteiger partial charge in [0.2, 0.25) is 0 Å². The lowest BCUT2D eigenvalue weighted by molar-refractivity contribution is 0.0767. The van der Waals surface area contributed by atoms with E-state index in [1.54, 1.807) is 48.3 Å². The summed E-state index contributed by atoms with van der Waals surface area (Å²) in [5.74, 6) is 0.0766. The third-order valence-electron chi connectivity index (χ3n) is 4.16. The maximum atomic E-state index is 12.6. The van der Waals surface area contributed by atoms with Crippen molar-refractivity contribution in [3.05, 3.63) is 48.5 Å². The molecule has 1 amide bonds. The lowest BCUT2D eigenvalue weighted by Gasteiger charge is -2.21. The summed E-state index contributed by atoms with van der Waals surface area (Å²) in [4.78, 5) is 29.6. The number of hydrogen-bond acceptors (Lipinski definition) is 6. The second-order valence-electron chi connectivity index (χ2n) is 5.71. The van der Waals surface area contributed by atoms with Gasteiger partial charge in [-0.2, -0.15) is 0 Å². The molecule has 3 aromatic rings. The number of hydrogen-bond donors (Lipinski definition) is 0. The van der Waals surface area contributed by atoms with Crippen LogP contribution >= 0.6 is 11.3 Å². The quantitative estimate of drug-likeness (QED) is 0.718. The van der Waals surface area contributed by atoms with Gasteiger partial charge in [-0.05, 0) is 24.6 Å². The molecule has 1 aliphatic rings. The van der Waals surface area contributed by atoms with Gasteiger partial charge in [-0.1, -0.05) is 11.3 Å². The third kappa shape index (κ3) is 2.94. The SMILES string of the molecule is O=C(c1ccncc1)N1CCCN(c2nc3cnccc3s2)CC1. The van der Waals surface area contributed by atoms with Crippen LogP contribution in [0.5, 0.6) is 0 Å². The summed E-state index contributed by atoms with van der Waals surface area (Å²) >= 11 is 1.68. The van der Waals surface area contributed by atoms with Gasteiger partial charge < -0.3 is 9.80 Å². The number of nitrogens with zero attached hydrogens (tertiary/aromatic N) is 5. The molecule has 3 aromatic heterocycles. The van der Waals surface area contributed by atoms with Gasteiger partial charge in [0.1, 0.15) is 5.52 Å². The maximum Gasteiger partial charge on any atom is 0.254 e. The molecule has 0 aromatic carbocycles. The highest BCUT2D eigenvalue weighted by molar-refractivity contribution is 7.22. The predicted molar refractivity (Wildman–Crippen MR) is 94.4 cm³/mol. The molecule has 1 fully saturated rings. The third-order valence-corrected chi connectivity index (χ3v) is 5.26. The topological polar surface area (TPSA) is 62.2 Å². The van der Waals surface area contributed by atoms with Crippen LogP contribution in [0.4, 0.5) is 5.13 Å². The molecule has 0 unspecified atom stereocenters. The first-order chi connectivity index (χ1) is 11.8. The lowest BCUT2D eigenvalue weighted by Crippen LogP contribution is -2.35. The first-order valence-electron chi connectivity index (χ1n) is 7.96. The zero-order valence-electron chi connectivity index (χ0n) is 13.1. The number of anilines is 1. The molecule has 0 N–H and O–H groups in total. The summed E-state index contributed by atoms with van der Waals surface area (Å²) in [6, 6.07) is 5.53. The van der Waals surface area contributed by atoms with Crippen LogP contribution in [-0.4, -0.2) is 51.9 Å². The van der Waals surface area contributed by atoms with Gasteiger partial charge in [0.25, 0.3) is 5.91 Å². The van der Waals surface area contributed by atoms with Crippen LogP contribution in [0.2, 0.25) is 0 Å². The largest absolute Gasteiger partial charge is 0.346 e. The fraction of sp³-hybridized carbons (Fsp3) is 0.294. The number of amides is 1. The monoisotopic (exact) mass is 339 g/mol. The van der Waals surface area contributed by atoms with Crippen molar-refractivity contribution in [3.63, 3.8) is 0 Å². The van der Waals surface area contributed by atoms with E-state index >= 15 is 0 Å². The smallest absolute Gasteiger partial charge is 0.254 e. The minimum atomic E-state index is 0.0766. The number of fused-ring (bicyclic) bond motifs is 1. The highest BCUT2D eigenvalue weighted by atomic mass is 32.1. The van der Waals surface area contributed by atoms with Crippen molar-refractivity contribution in [2.24, 2.45) is 0 Å². The van der Waals surface area contributed by atoms with E-state index in [1.807, 2.05) is 11.0 Å². The minimum absolute atomic E-state index is 0.0766. The summed E-state index contributed by atoms with van der Waals surface area (Å²) < 4.78 is 1.15. The molecule has 0 aliphatic carbocycles. The Kier molecular flexibility index (Phi) is 4.08. The number of pyridine rings is 2. The Morgan fingerprint density at radius 2 is 1.83 bits per heavy atom. The maximum absolute atomic E-state index is 12.6. The van der Waals surface area contributed by atoms with E-state index < -0.39 is 0 Å². The molecule has 0 saturated carbocycles. The first kappa shape index (κ1) is 15.0. The molecule has 1 saturated heterocycles. The van der Waals surface area contributed by atoms with E-state index in [0.29, 0.717) is 12.1 Å². The van der Waals surface area contributed by atoms with Crippen molar-refractivity contribution in [3.8, 4) is 0 Å². The van der Waals surface area contributed by atoms with Crippen LogP contribution in [0.25, 0.3) is 10.2 Å². The zero-order valence-corrected chi connectivity index (χ0v) is 13.9. The lowest BCUT2D eigenvalue weighted by atomic mass is 10.2. The Bertz CT molecular complexity index is 817. The molecule has 0 radical (unpaired) electrons. The Morgan fingerprint density at radius 1 is 1.00 bits per heavy atom. The fourth-order valence-corrected chi connectivity index (χ4v) is 3.88. The molecular weight excluding hydrogens is 322 g/mol. The van der Waals surface area contributed by atoms with Crippen LogP contribution in [-0.2, 0) is 0 Å². The molecule has 4 rings (SSSR count). The van der Waals surface area contributed by atoms with Gasteiger partial charge in [0.05, 0.1) is 10.9 Å². The normalized spacial score (nSPS) is 15.5. The Hall–Kier alpha value is -2.54. The number of thiazole rings is 1. The van der Waals surface area contributed by atoms with E-state index in [0.717, 1.165) is 41.4 Å². The second kappa shape index (κ2) is 6.52. The fourth-order valence-electron chi connectivity index (χ4n) is 2.89. The molecule has 122 valence electrons. The van der Waals surface area contributed by atoms with E-state index in [9.17, 15) is 4.79 Å². The van der Waals surface area contributed by atoms with Gasteiger partial charge in [0, 0.05) is 50.3 Å². The number of rotatable bonds is 2. The van der Waals surface area contributed by atoms with Gasteiger partial charge in [-0.3, -0.25) is 14.8 Å². The molecule has 24 heavy (non-hydrogen) atoms. The molecule has 7 heteroatoms. The van der Waals surface area contributed by atoms with Gasteiger partial charge in [-0.25, -0.2) is 4.98 Å². The summed E-state index contributed by atoms with van der Waals surface area (Å²) in [7, 11) is 0. The number of aromatic nitrogens is 3. The van der Waals surface area contributed by atoms with E-state index in [1.165, 1.54) is 0 Å². The van der Waals surface area contributed by atoms with E-state index in [4.69, 9.17) is 0 Å². The van der Waals surface area contributed by atoms with Crippen molar-refractivity contribution in [1.29, 1.82) is 0 Å². The second-order valence-corrected chi connectivity index (χ2v) is 6.72. The molecule has 0 bridgehead atoms. The van der Waals surface area contributed by atoms with Crippen LogP contribution in [0.15, 0.2) is 43.0 Å². The number of carbonyl (C=O) groups is 1. The van der Waals surface area contributed by atoms with Crippen LogP contribution in [0.1, 0.15) is 16.8 Å².